The molecule has 0 amide bonds. The zero-order chi connectivity index (χ0) is 12.2. The largest absolute Gasteiger partial charge is 0.488 e. The van der Waals surface area contributed by atoms with Gasteiger partial charge in [0.05, 0.1) is 0 Å². The predicted octanol–water partition coefficient (Wildman–Crippen LogP) is 3.30. The Kier molecular flexibility index (Phi) is 3.84. The third kappa shape index (κ3) is 2.86. The summed E-state index contributed by atoms with van der Waals surface area (Å²) in [6.07, 6.45) is 9.72. The van der Waals surface area contributed by atoms with E-state index in [4.69, 9.17) is 4.74 Å². The number of nitrogens with one attached hydrogen (secondary N) is 1. The highest BCUT2D eigenvalue weighted by atomic mass is 16.5. The first kappa shape index (κ1) is 12.0. The van der Waals surface area contributed by atoms with Gasteiger partial charge in [0.1, 0.15) is 11.9 Å². The van der Waals surface area contributed by atoms with Crippen molar-refractivity contribution in [1.82, 2.24) is 5.32 Å². The molecule has 1 aliphatic carbocycles. The van der Waals surface area contributed by atoms with E-state index < -0.39 is 0 Å². The van der Waals surface area contributed by atoms with Crippen molar-refractivity contribution in [1.29, 1.82) is 0 Å². The van der Waals surface area contributed by atoms with Crippen LogP contribution in [0.2, 0.25) is 0 Å². The van der Waals surface area contributed by atoms with E-state index >= 15 is 0 Å². The van der Waals surface area contributed by atoms with Crippen molar-refractivity contribution in [3.8, 4) is 5.75 Å². The molecule has 0 radical (unpaired) electrons. The highest BCUT2D eigenvalue weighted by Crippen LogP contribution is 2.28. The van der Waals surface area contributed by atoms with Crippen LogP contribution in [0.3, 0.4) is 0 Å². The molecule has 2 aliphatic rings. The van der Waals surface area contributed by atoms with Crippen LogP contribution in [-0.2, 0) is 6.42 Å². The first-order chi connectivity index (χ1) is 8.92. The number of benzene rings is 1. The molecule has 1 heterocycles. The van der Waals surface area contributed by atoms with Crippen molar-refractivity contribution in [2.75, 3.05) is 6.54 Å². The molecule has 1 aromatic carbocycles. The summed E-state index contributed by atoms with van der Waals surface area (Å²) in [5.74, 6) is 1.09. The number of ether oxygens (including phenoxy) is 1. The zero-order valence-electron chi connectivity index (χ0n) is 11.0. The van der Waals surface area contributed by atoms with E-state index in [-0.39, 0.29) is 0 Å². The minimum Gasteiger partial charge on any atom is -0.488 e. The molecule has 98 valence electrons. The van der Waals surface area contributed by atoms with Gasteiger partial charge in [-0.15, -0.1) is 0 Å². The van der Waals surface area contributed by atoms with E-state index in [2.05, 4.69) is 29.6 Å². The van der Waals surface area contributed by atoms with E-state index in [0.717, 1.165) is 24.8 Å². The summed E-state index contributed by atoms with van der Waals surface area (Å²) in [6.45, 7) is 0.999. The Hall–Kier alpha value is -1.02. The Morgan fingerprint density at radius 3 is 2.61 bits per heavy atom. The van der Waals surface area contributed by atoms with Crippen molar-refractivity contribution in [3.05, 3.63) is 29.8 Å². The van der Waals surface area contributed by atoms with Gasteiger partial charge in [0.2, 0.25) is 0 Å². The van der Waals surface area contributed by atoms with Crippen LogP contribution < -0.4 is 10.1 Å². The maximum atomic E-state index is 5.97. The number of hydrogen-bond acceptors (Lipinski definition) is 2. The van der Waals surface area contributed by atoms with E-state index in [1.165, 1.54) is 44.1 Å². The Morgan fingerprint density at radius 2 is 1.83 bits per heavy atom. The quantitative estimate of drug-likeness (QED) is 0.825. The second-order valence-electron chi connectivity index (χ2n) is 5.65. The van der Waals surface area contributed by atoms with Crippen LogP contribution in [-0.4, -0.2) is 18.7 Å². The summed E-state index contributed by atoms with van der Waals surface area (Å²) in [7, 11) is 0. The molecule has 0 spiro atoms. The standard InChI is InChI=1S/C16H23NO/c1-2-4-9-14(8-3-1)17-12-15-11-13-7-5-6-10-16(13)18-15/h5-7,10,14-15,17H,1-4,8-9,11-12H2. The molecule has 0 saturated heterocycles. The summed E-state index contributed by atoms with van der Waals surface area (Å²) in [4.78, 5) is 0. The Labute approximate surface area is 110 Å². The Balaban J connectivity index is 1.47. The van der Waals surface area contributed by atoms with Gasteiger partial charge in [-0.25, -0.2) is 0 Å². The van der Waals surface area contributed by atoms with E-state index in [1.807, 2.05) is 0 Å². The van der Waals surface area contributed by atoms with Gasteiger partial charge in [-0.1, -0.05) is 43.9 Å². The average molecular weight is 245 g/mol. The van der Waals surface area contributed by atoms with Crippen molar-refractivity contribution in [3.63, 3.8) is 0 Å². The summed E-state index contributed by atoms with van der Waals surface area (Å²) in [6, 6.07) is 9.14. The van der Waals surface area contributed by atoms with E-state index in [9.17, 15) is 0 Å². The minimum atomic E-state index is 0.339. The molecular formula is C16H23NO. The number of rotatable bonds is 3. The number of fused-ring (bicyclic) bond motifs is 1. The lowest BCUT2D eigenvalue weighted by Gasteiger charge is -2.19. The molecule has 1 atom stereocenters. The topological polar surface area (TPSA) is 21.3 Å². The van der Waals surface area contributed by atoms with Crippen LogP contribution in [0.4, 0.5) is 0 Å². The fourth-order valence-electron chi connectivity index (χ4n) is 3.15. The van der Waals surface area contributed by atoms with Gasteiger partial charge in [-0.2, -0.15) is 0 Å². The van der Waals surface area contributed by atoms with Crippen LogP contribution in [0, 0.1) is 0 Å². The SMILES string of the molecule is c1ccc2c(c1)CC(CNC1CCCCCC1)O2. The molecule has 1 saturated carbocycles. The fourth-order valence-corrected chi connectivity index (χ4v) is 3.15. The minimum absolute atomic E-state index is 0.339. The summed E-state index contributed by atoms with van der Waals surface area (Å²) >= 11 is 0. The molecule has 1 unspecified atom stereocenters. The van der Waals surface area contributed by atoms with Gasteiger partial charge in [0.15, 0.2) is 0 Å². The zero-order valence-corrected chi connectivity index (χ0v) is 11.0. The van der Waals surface area contributed by atoms with Gasteiger partial charge >= 0.3 is 0 Å². The van der Waals surface area contributed by atoms with E-state index in [1.54, 1.807) is 0 Å². The van der Waals surface area contributed by atoms with Crippen LogP contribution in [0.5, 0.6) is 5.75 Å². The summed E-state index contributed by atoms with van der Waals surface area (Å²) in [5, 5.41) is 3.71. The van der Waals surface area contributed by atoms with Crippen LogP contribution in [0.15, 0.2) is 24.3 Å². The molecule has 18 heavy (non-hydrogen) atoms. The molecule has 1 N–H and O–H groups in total. The third-order valence-corrected chi connectivity index (χ3v) is 4.20. The second kappa shape index (κ2) is 5.75. The highest BCUT2D eigenvalue weighted by Gasteiger charge is 2.23. The van der Waals surface area contributed by atoms with Crippen LogP contribution in [0.25, 0.3) is 0 Å². The molecule has 0 bridgehead atoms. The lowest BCUT2D eigenvalue weighted by atomic mass is 10.1. The first-order valence-electron chi connectivity index (χ1n) is 7.40. The summed E-state index contributed by atoms with van der Waals surface area (Å²) in [5.41, 5.74) is 1.37. The lowest BCUT2D eigenvalue weighted by molar-refractivity contribution is 0.219. The van der Waals surface area contributed by atoms with Crippen molar-refractivity contribution in [2.24, 2.45) is 0 Å². The van der Waals surface area contributed by atoms with Gasteiger partial charge in [-0.05, 0) is 24.5 Å². The number of hydrogen-bond donors (Lipinski definition) is 1. The smallest absolute Gasteiger partial charge is 0.123 e. The first-order valence-corrected chi connectivity index (χ1v) is 7.40. The Morgan fingerprint density at radius 1 is 1.06 bits per heavy atom. The molecule has 1 fully saturated rings. The molecule has 0 aromatic heterocycles. The highest BCUT2D eigenvalue weighted by molar-refractivity contribution is 5.37. The maximum absolute atomic E-state index is 5.97. The third-order valence-electron chi connectivity index (χ3n) is 4.20. The second-order valence-corrected chi connectivity index (χ2v) is 5.65. The van der Waals surface area contributed by atoms with Crippen LogP contribution >= 0.6 is 0 Å². The maximum Gasteiger partial charge on any atom is 0.123 e. The molecule has 1 aromatic rings. The van der Waals surface area contributed by atoms with Crippen LogP contribution in [0.1, 0.15) is 44.1 Å². The molecular weight excluding hydrogens is 222 g/mol. The lowest BCUT2D eigenvalue weighted by Crippen LogP contribution is -2.37. The van der Waals surface area contributed by atoms with Gasteiger partial charge < -0.3 is 10.1 Å². The summed E-state index contributed by atoms with van der Waals surface area (Å²) < 4.78 is 5.97. The predicted molar refractivity (Wildman–Crippen MR) is 74.1 cm³/mol. The van der Waals surface area contributed by atoms with Gasteiger partial charge in [-0.3, -0.25) is 0 Å². The molecule has 3 rings (SSSR count). The van der Waals surface area contributed by atoms with Gasteiger partial charge in [0.25, 0.3) is 0 Å². The van der Waals surface area contributed by atoms with Crippen molar-refractivity contribution in [2.45, 2.75) is 57.1 Å². The van der Waals surface area contributed by atoms with Gasteiger partial charge in [0, 0.05) is 19.0 Å². The van der Waals surface area contributed by atoms with Crippen molar-refractivity contribution >= 4 is 0 Å². The fraction of sp³-hybridized carbons (Fsp3) is 0.625. The number of para-hydroxylation sites is 1. The average Bonchev–Trinajstić information content (AvgIpc) is 2.63. The monoisotopic (exact) mass is 245 g/mol. The van der Waals surface area contributed by atoms with E-state index in [0.29, 0.717) is 6.10 Å². The molecule has 2 heteroatoms. The molecule has 2 nitrogen and oxygen atoms in total. The van der Waals surface area contributed by atoms with Crippen molar-refractivity contribution < 1.29 is 4.74 Å². The molecule has 1 aliphatic heterocycles. The Bertz CT molecular complexity index is 357. The normalized spacial score (nSPS) is 24.3.